The summed E-state index contributed by atoms with van der Waals surface area (Å²) in [4.78, 5) is 0. The van der Waals surface area contributed by atoms with Gasteiger partial charge in [0.1, 0.15) is 0 Å². The lowest BCUT2D eigenvalue weighted by Crippen LogP contribution is -2.04. The first-order chi connectivity index (χ1) is 6.81. The predicted octanol–water partition coefficient (Wildman–Crippen LogP) is 3.51. The van der Waals surface area contributed by atoms with E-state index in [-0.39, 0.29) is 6.10 Å². The number of aliphatic hydroxyl groups excluding tert-OH is 1. The van der Waals surface area contributed by atoms with Gasteiger partial charge in [-0.1, -0.05) is 45.4 Å². The molecule has 0 heterocycles. The Bertz CT molecular complexity index is 164. The Kier molecular flexibility index (Phi) is 10.2. The van der Waals surface area contributed by atoms with Gasteiger partial charge in [0.15, 0.2) is 0 Å². The van der Waals surface area contributed by atoms with Crippen LogP contribution in [0.5, 0.6) is 0 Å². The molecule has 0 aromatic carbocycles. The van der Waals surface area contributed by atoms with Crippen LogP contribution in [0.25, 0.3) is 0 Å². The molecule has 1 N–H and O–H groups in total. The number of hydrogen-bond acceptors (Lipinski definition) is 1. The van der Waals surface area contributed by atoms with E-state index >= 15 is 0 Å². The maximum Gasteiger partial charge on any atom is 0.0649 e. The number of rotatable bonds is 8. The third-order valence-corrected chi connectivity index (χ3v) is 2.41. The van der Waals surface area contributed by atoms with E-state index in [1.807, 2.05) is 6.92 Å². The van der Waals surface area contributed by atoms with Crippen LogP contribution in [0, 0.1) is 11.8 Å². The van der Waals surface area contributed by atoms with E-state index in [4.69, 9.17) is 0 Å². The highest BCUT2D eigenvalue weighted by Gasteiger charge is 2.00. The largest absolute Gasteiger partial charge is 0.392 e. The van der Waals surface area contributed by atoms with Gasteiger partial charge in [0.2, 0.25) is 0 Å². The second-order valence-corrected chi connectivity index (χ2v) is 3.84. The second-order valence-electron chi connectivity index (χ2n) is 3.84. The van der Waals surface area contributed by atoms with Crippen molar-refractivity contribution in [2.45, 2.75) is 71.3 Å². The molecule has 1 heteroatoms. The molecule has 14 heavy (non-hydrogen) atoms. The third kappa shape index (κ3) is 9.61. The maximum absolute atomic E-state index is 9.48. The van der Waals surface area contributed by atoms with Gasteiger partial charge in [-0.25, -0.2) is 0 Å². The fourth-order valence-corrected chi connectivity index (χ4v) is 1.48. The standard InChI is InChI=1S/C13H24O/c1-3-5-7-8-9-10-12-13(14)11-6-4-2/h13-14H,3,5,7-12H2,1-2H3. The molecule has 0 aliphatic rings. The second kappa shape index (κ2) is 10.6. The zero-order valence-corrected chi connectivity index (χ0v) is 9.68. The Morgan fingerprint density at radius 1 is 1.07 bits per heavy atom. The first-order valence-corrected chi connectivity index (χ1v) is 5.89. The van der Waals surface area contributed by atoms with Crippen LogP contribution in [0.3, 0.4) is 0 Å². The predicted molar refractivity (Wildman–Crippen MR) is 62.1 cm³/mol. The summed E-state index contributed by atoms with van der Waals surface area (Å²) in [5, 5.41) is 9.48. The van der Waals surface area contributed by atoms with E-state index in [1.54, 1.807) is 0 Å². The zero-order chi connectivity index (χ0) is 10.6. The van der Waals surface area contributed by atoms with Crippen LogP contribution in [0.4, 0.5) is 0 Å². The van der Waals surface area contributed by atoms with E-state index in [9.17, 15) is 5.11 Å². The van der Waals surface area contributed by atoms with Crippen molar-refractivity contribution in [3.05, 3.63) is 0 Å². The molecule has 0 aliphatic carbocycles. The summed E-state index contributed by atoms with van der Waals surface area (Å²) in [7, 11) is 0. The molecular weight excluding hydrogens is 172 g/mol. The summed E-state index contributed by atoms with van der Waals surface area (Å²) in [6, 6.07) is 0. The van der Waals surface area contributed by atoms with Crippen LogP contribution >= 0.6 is 0 Å². The maximum atomic E-state index is 9.48. The highest BCUT2D eigenvalue weighted by Crippen LogP contribution is 2.09. The molecule has 0 saturated heterocycles. The highest BCUT2D eigenvalue weighted by atomic mass is 16.3. The Morgan fingerprint density at radius 3 is 2.36 bits per heavy atom. The van der Waals surface area contributed by atoms with Crippen molar-refractivity contribution in [2.75, 3.05) is 0 Å². The van der Waals surface area contributed by atoms with Crippen LogP contribution < -0.4 is 0 Å². The molecule has 0 aromatic rings. The van der Waals surface area contributed by atoms with Crippen molar-refractivity contribution in [1.82, 2.24) is 0 Å². The van der Waals surface area contributed by atoms with Crippen LogP contribution in [0.2, 0.25) is 0 Å². The average Bonchev–Trinajstić information content (AvgIpc) is 2.20. The van der Waals surface area contributed by atoms with E-state index in [0.29, 0.717) is 6.42 Å². The first-order valence-electron chi connectivity index (χ1n) is 5.89. The van der Waals surface area contributed by atoms with E-state index in [2.05, 4.69) is 18.8 Å². The minimum absolute atomic E-state index is 0.200. The van der Waals surface area contributed by atoms with Crippen molar-refractivity contribution < 1.29 is 5.11 Å². The summed E-state index contributed by atoms with van der Waals surface area (Å²) in [6.07, 6.45) is 9.09. The summed E-state index contributed by atoms with van der Waals surface area (Å²) < 4.78 is 0. The molecule has 0 aromatic heterocycles. The molecular formula is C13H24O. The monoisotopic (exact) mass is 196 g/mol. The Balaban J connectivity index is 3.13. The normalized spacial score (nSPS) is 11.9. The third-order valence-electron chi connectivity index (χ3n) is 2.41. The van der Waals surface area contributed by atoms with Gasteiger partial charge in [-0.2, -0.15) is 0 Å². The fraction of sp³-hybridized carbons (Fsp3) is 0.846. The van der Waals surface area contributed by atoms with Crippen molar-refractivity contribution in [1.29, 1.82) is 0 Å². The Labute approximate surface area is 88.9 Å². The number of hydrogen-bond donors (Lipinski definition) is 1. The van der Waals surface area contributed by atoms with Gasteiger partial charge in [0.05, 0.1) is 6.10 Å². The first kappa shape index (κ1) is 13.5. The van der Waals surface area contributed by atoms with Crippen LogP contribution in [-0.2, 0) is 0 Å². The highest BCUT2D eigenvalue weighted by molar-refractivity contribution is 4.96. The van der Waals surface area contributed by atoms with Crippen molar-refractivity contribution in [2.24, 2.45) is 0 Å². The van der Waals surface area contributed by atoms with Crippen LogP contribution in [0.1, 0.15) is 65.2 Å². The molecule has 0 aliphatic heterocycles. The minimum Gasteiger partial charge on any atom is -0.392 e. The van der Waals surface area contributed by atoms with E-state index < -0.39 is 0 Å². The lowest BCUT2D eigenvalue weighted by atomic mass is 10.1. The molecule has 0 spiro atoms. The van der Waals surface area contributed by atoms with Crippen LogP contribution in [0.15, 0.2) is 0 Å². The molecule has 0 saturated carbocycles. The lowest BCUT2D eigenvalue weighted by molar-refractivity contribution is 0.166. The Morgan fingerprint density at radius 2 is 1.71 bits per heavy atom. The molecule has 0 fully saturated rings. The van der Waals surface area contributed by atoms with Crippen molar-refractivity contribution in [3.63, 3.8) is 0 Å². The summed E-state index contributed by atoms with van der Waals surface area (Å²) in [5.41, 5.74) is 0. The SMILES string of the molecule is CC#CCC(O)CCCCCCCC. The van der Waals surface area contributed by atoms with Gasteiger partial charge >= 0.3 is 0 Å². The number of unbranched alkanes of at least 4 members (excludes halogenated alkanes) is 5. The summed E-state index contributed by atoms with van der Waals surface area (Å²) >= 11 is 0. The number of aliphatic hydroxyl groups is 1. The fourth-order valence-electron chi connectivity index (χ4n) is 1.48. The zero-order valence-electron chi connectivity index (χ0n) is 9.68. The van der Waals surface area contributed by atoms with Gasteiger partial charge in [-0.15, -0.1) is 11.8 Å². The molecule has 0 rings (SSSR count). The molecule has 0 radical (unpaired) electrons. The molecule has 0 bridgehead atoms. The van der Waals surface area contributed by atoms with Gasteiger partial charge in [-0.05, 0) is 13.3 Å². The van der Waals surface area contributed by atoms with Crippen LogP contribution in [-0.4, -0.2) is 11.2 Å². The minimum atomic E-state index is -0.200. The molecule has 0 amide bonds. The molecule has 1 nitrogen and oxygen atoms in total. The van der Waals surface area contributed by atoms with E-state index in [0.717, 1.165) is 12.8 Å². The smallest absolute Gasteiger partial charge is 0.0649 e. The quantitative estimate of drug-likeness (QED) is 0.465. The Hall–Kier alpha value is -0.480. The van der Waals surface area contributed by atoms with Gasteiger partial charge < -0.3 is 5.11 Å². The lowest BCUT2D eigenvalue weighted by Gasteiger charge is -2.06. The molecule has 1 atom stereocenters. The van der Waals surface area contributed by atoms with E-state index in [1.165, 1.54) is 32.1 Å². The van der Waals surface area contributed by atoms with Crippen molar-refractivity contribution >= 4 is 0 Å². The molecule has 82 valence electrons. The average molecular weight is 196 g/mol. The van der Waals surface area contributed by atoms with Crippen molar-refractivity contribution in [3.8, 4) is 11.8 Å². The van der Waals surface area contributed by atoms with Gasteiger partial charge in [0.25, 0.3) is 0 Å². The molecule has 1 unspecified atom stereocenters. The topological polar surface area (TPSA) is 20.2 Å². The van der Waals surface area contributed by atoms with Gasteiger partial charge in [-0.3, -0.25) is 0 Å². The summed E-state index contributed by atoms with van der Waals surface area (Å²) in [5.74, 6) is 5.72. The van der Waals surface area contributed by atoms with Gasteiger partial charge in [0, 0.05) is 6.42 Å². The summed E-state index contributed by atoms with van der Waals surface area (Å²) in [6.45, 7) is 4.05.